The van der Waals surface area contributed by atoms with Gasteiger partial charge in [0.2, 0.25) is 0 Å². The molecule has 1 aromatic rings. The van der Waals surface area contributed by atoms with Crippen LogP contribution in [0.1, 0.15) is 31.4 Å². The highest BCUT2D eigenvalue weighted by molar-refractivity contribution is 5.69. The zero-order valence-electron chi connectivity index (χ0n) is 11.6. The Morgan fingerprint density at radius 1 is 1.32 bits per heavy atom. The molecule has 0 heterocycles. The fraction of sp³-hybridized carbons (Fsp3) is 0.500. The van der Waals surface area contributed by atoms with E-state index in [0.29, 0.717) is 30.9 Å². The van der Waals surface area contributed by atoms with Gasteiger partial charge < -0.3 is 19.9 Å². The topological polar surface area (TPSA) is 70.8 Å². The Labute approximate surface area is 113 Å². The van der Waals surface area contributed by atoms with Gasteiger partial charge in [0.05, 0.1) is 20.8 Å². The number of carbonyl (C=O) groups excluding carboxylic acids is 1. The average molecular weight is 267 g/mol. The maximum Gasteiger partial charge on any atom is 0.305 e. The second kappa shape index (κ2) is 7.63. The van der Waals surface area contributed by atoms with E-state index in [1.165, 1.54) is 7.11 Å². The quantitative estimate of drug-likeness (QED) is 0.604. The highest BCUT2D eigenvalue weighted by atomic mass is 16.5. The zero-order chi connectivity index (χ0) is 14.3. The summed E-state index contributed by atoms with van der Waals surface area (Å²) in [5, 5.41) is 0. The molecule has 0 aliphatic heterocycles. The third-order valence-electron chi connectivity index (χ3n) is 2.72. The highest BCUT2D eigenvalue weighted by Crippen LogP contribution is 2.29. The normalized spacial score (nSPS) is 11.8. The Balaban J connectivity index is 2.56. The first-order chi connectivity index (χ1) is 9.08. The van der Waals surface area contributed by atoms with E-state index in [1.807, 2.05) is 25.1 Å². The van der Waals surface area contributed by atoms with Gasteiger partial charge in [-0.05, 0) is 31.0 Å². The van der Waals surface area contributed by atoms with Crippen molar-refractivity contribution >= 4 is 5.97 Å². The lowest BCUT2D eigenvalue weighted by Gasteiger charge is -2.13. The monoisotopic (exact) mass is 267 g/mol. The molecule has 19 heavy (non-hydrogen) atoms. The van der Waals surface area contributed by atoms with Gasteiger partial charge in [-0.2, -0.15) is 0 Å². The first-order valence-corrected chi connectivity index (χ1v) is 6.21. The van der Waals surface area contributed by atoms with Crippen LogP contribution in [0.15, 0.2) is 18.2 Å². The molecule has 0 aliphatic rings. The fourth-order valence-corrected chi connectivity index (χ4v) is 1.59. The molecule has 1 rings (SSSR count). The molecule has 0 bridgehead atoms. The molecule has 2 N–H and O–H groups in total. The number of nitrogens with two attached hydrogens (primary N) is 1. The molecule has 1 aromatic carbocycles. The van der Waals surface area contributed by atoms with E-state index >= 15 is 0 Å². The molecule has 0 radical (unpaired) electrons. The molecule has 0 amide bonds. The molecular weight excluding hydrogens is 246 g/mol. The lowest BCUT2D eigenvalue weighted by molar-refractivity contribution is -0.140. The van der Waals surface area contributed by atoms with Crippen molar-refractivity contribution in [2.75, 3.05) is 20.8 Å². The van der Waals surface area contributed by atoms with Crippen molar-refractivity contribution in [3.8, 4) is 11.5 Å². The number of rotatable bonds is 7. The van der Waals surface area contributed by atoms with Crippen molar-refractivity contribution in [3.05, 3.63) is 23.8 Å². The Kier molecular flexibility index (Phi) is 6.15. The number of methoxy groups -OCH3 is 2. The average Bonchev–Trinajstić information content (AvgIpc) is 2.42. The predicted molar refractivity (Wildman–Crippen MR) is 72.3 cm³/mol. The lowest BCUT2D eigenvalue weighted by atomic mass is 10.1. The summed E-state index contributed by atoms with van der Waals surface area (Å²) in [5.41, 5.74) is 6.79. The molecule has 5 nitrogen and oxygen atoms in total. The third kappa shape index (κ3) is 4.79. The van der Waals surface area contributed by atoms with Crippen molar-refractivity contribution in [3.63, 3.8) is 0 Å². The third-order valence-corrected chi connectivity index (χ3v) is 2.72. The van der Waals surface area contributed by atoms with Gasteiger partial charge in [0, 0.05) is 12.5 Å². The molecule has 1 atom stereocenters. The van der Waals surface area contributed by atoms with Crippen LogP contribution in [0.25, 0.3) is 0 Å². The van der Waals surface area contributed by atoms with Crippen LogP contribution in [-0.2, 0) is 9.53 Å². The van der Waals surface area contributed by atoms with Crippen LogP contribution in [0.5, 0.6) is 11.5 Å². The predicted octanol–water partition coefficient (Wildman–Crippen LogP) is 2.05. The van der Waals surface area contributed by atoms with Crippen molar-refractivity contribution in [1.82, 2.24) is 0 Å². The summed E-state index contributed by atoms with van der Waals surface area (Å²) in [6, 6.07) is 5.54. The van der Waals surface area contributed by atoms with Gasteiger partial charge in [0.15, 0.2) is 11.5 Å². The van der Waals surface area contributed by atoms with Crippen molar-refractivity contribution in [1.29, 1.82) is 0 Å². The van der Waals surface area contributed by atoms with Gasteiger partial charge >= 0.3 is 5.97 Å². The van der Waals surface area contributed by atoms with Crippen LogP contribution in [0.3, 0.4) is 0 Å². The van der Waals surface area contributed by atoms with Gasteiger partial charge in [0.25, 0.3) is 0 Å². The van der Waals surface area contributed by atoms with Gasteiger partial charge in [0.1, 0.15) is 0 Å². The van der Waals surface area contributed by atoms with Crippen molar-refractivity contribution in [2.45, 2.75) is 25.8 Å². The van der Waals surface area contributed by atoms with Crippen LogP contribution in [-0.4, -0.2) is 26.8 Å². The summed E-state index contributed by atoms with van der Waals surface area (Å²) >= 11 is 0. The van der Waals surface area contributed by atoms with E-state index in [0.717, 1.165) is 5.56 Å². The first kappa shape index (κ1) is 15.3. The number of ether oxygens (including phenoxy) is 3. The van der Waals surface area contributed by atoms with E-state index in [-0.39, 0.29) is 12.0 Å². The smallest absolute Gasteiger partial charge is 0.305 e. The minimum Gasteiger partial charge on any atom is -0.493 e. The van der Waals surface area contributed by atoms with Gasteiger partial charge in [-0.3, -0.25) is 4.79 Å². The van der Waals surface area contributed by atoms with E-state index in [1.54, 1.807) is 7.11 Å². The minimum absolute atomic E-state index is 0.0534. The number of hydrogen-bond donors (Lipinski definition) is 1. The summed E-state index contributed by atoms with van der Waals surface area (Å²) in [6.07, 6.45) is 0.946. The second-order valence-electron chi connectivity index (χ2n) is 4.23. The molecule has 0 fully saturated rings. The lowest BCUT2D eigenvalue weighted by Crippen LogP contribution is -2.07. The second-order valence-corrected chi connectivity index (χ2v) is 4.23. The van der Waals surface area contributed by atoms with Crippen LogP contribution in [0.4, 0.5) is 0 Å². The molecule has 0 aromatic heterocycles. The minimum atomic E-state index is -0.233. The molecule has 0 unspecified atom stereocenters. The SMILES string of the molecule is COC(=O)CCCOc1ccc([C@H](C)N)cc1OC. The Hall–Kier alpha value is -1.75. The van der Waals surface area contributed by atoms with E-state index in [9.17, 15) is 4.79 Å². The van der Waals surface area contributed by atoms with E-state index in [2.05, 4.69) is 4.74 Å². The largest absolute Gasteiger partial charge is 0.493 e. The number of benzene rings is 1. The number of carbonyl (C=O) groups is 1. The fourth-order valence-electron chi connectivity index (χ4n) is 1.59. The summed E-state index contributed by atoms with van der Waals surface area (Å²) in [6.45, 7) is 2.34. The molecule has 0 saturated carbocycles. The maximum absolute atomic E-state index is 10.9. The zero-order valence-corrected chi connectivity index (χ0v) is 11.6. The van der Waals surface area contributed by atoms with Gasteiger partial charge in [-0.15, -0.1) is 0 Å². The Morgan fingerprint density at radius 3 is 2.63 bits per heavy atom. The summed E-state index contributed by atoms with van der Waals surface area (Å²) in [4.78, 5) is 10.9. The molecule has 106 valence electrons. The molecular formula is C14H21NO4. The maximum atomic E-state index is 10.9. The first-order valence-electron chi connectivity index (χ1n) is 6.21. The summed E-state index contributed by atoms with van der Waals surface area (Å²) < 4.78 is 15.4. The number of hydrogen-bond acceptors (Lipinski definition) is 5. The highest BCUT2D eigenvalue weighted by Gasteiger charge is 2.08. The van der Waals surface area contributed by atoms with Crippen molar-refractivity contribution < 1.29 is 19.0 Å². The van der Waals surface area contributed by atoms with Crippen LogP contribution >= 0.6 is 0 Å². The van der Waals surface area contributed by atoms with Crippen LogP contribution in [0.2, 0.25) is 0 Å². The molecule has 0 saturated heterocycles. The molecule has 5 heteroatoms. The molecule has 0 aliphatic carbocycles. The summed E-state index contributed by atoms with van der Waals surface area (Å²) in [5.74, 6) is 1.06. The Morgan fingerprint density at radius 2 is 2.05 bits per heavy atom. The van der Waals surface area contributed by atoms with Gasteiger partial charge in [-0.1, -0.05) is 6.07 Å². The van der Waals surface area contributed by atoms with Crippen LogP contribution in [0, 0.1) is 0 Å². The molecule has 0 spiro atoms. The van der Waals surface area contributed by atoms with E-state index in [4.69, 9.17) is 15.2 Å². The van der Waals surface area contributed by atoms with Crippen molar-refractivity contribution in [2.24, 2.45) is 5.73 Å². The number of esters is 1. The van der Waals surface area contributed by atoms with Crippen LogP contribution < -0.4 is 15.2 Å². The van der Waals surface area contributed by atoms with E-state index < -0.39 is 0 Å². The standard InChI is InChI=1S/C14H21NO4/c1-10(15)11-6-7-12(13(9-11)17-2)19-8-4-5-14(16)18-3/h6-7,9-10H,4-5,8,15H2,1-3H3/t10-/m0/s1. The van der Waals surface area contributed by atoms with Gasteiger partial charge in [-0.25, -0.2) is 0 Å². The Bertz CT molecular complexity index is 418. The summed E-state index contributed by atoms with van der Waals surface area (Å²) in [7, 11) is 2.96.